The normalized spacial score (nSPS) is 23.7. The van der Waals surface area contributed by atoms with Crippen LogP contribution in [-0.2, 0) is 0 Å². The van der Waals surface area contributed by atoms with Gasteiger partial charge in [0, 0.05) is 18.7 Å². The molecule has 0 radical (unpaired) electrons. The van der Waals surface area contributed by atoms with Gasteiger partial charge in [0.2, 0.25) is 0 Å². The number of aliphatic hydroxyl groups excluding tert-OH is 1. The van der Waals surface area contributed by atoms with Crippen molar-refractivity contribution in [3.05, 3.63) is 35.6 Å². The van der Waals surface area contributed by atoms with Crippen molar-refractivity contribution in [3.8, 4) is 0 Å². The Kier molecular flexibility index (Phi) is 5.16. The van der Waals surface area contributed by atoms with E-state index in [1.807, 2.05) is 6.07 Å². The Morgan fingerprint density at radius 1 is 1.22 bits per heavy atom. The second-order valence-corrected chi connectivity index (χ2v) is 6.74. The molecule has 1 aromatic carbocycles. The van der Waals surface area contributed by atoms with Crippen molar-refractivity contribution in [3.63, 3.8) is 0 Å². The van der Waals surface area contributed by atoms with Gasteiger partial charge in [-0.25, -0.2) is 9.18 Å². The molecule has 2 amide bonds. The standard InChI is InChI=1S/C18H25FN2O2/c19-16-10-4-3-9-15(16)17(13-6-1-2-7-13)20-18(23)21-11-5-8-14(22)12-21/h3-4,9-10,13-14,17,22H,1-2,5-8,11-12H2,(H,20,23). The molecule has 5 heteroatoms. The Hall–Kier alpha value is -1.62. The predicted molar refractivity (Wildman–Crippen MR) is 86.4 cm³/mol. The summed E-state index contributed by atoms with van der Waals surface area (Å²) in [6.07, 6.45) is 5.39. The summed E-state index contributed by atoms with van der Waals surface area (Å²) in [4.78, 5) is 14.2. The van der Waals surface area contributed by atoms with Crippen LogP contribution in [0.4, 0.5) is 9.18 Å². The molecule has 1 saturated carbocycles. The number of rotatable bonds is 3. The Morgan fingerprint density at radius 3 is 2.65 bits per heavy atom. The summed E-state index contributed by atoms with van der Waals surface area (Å²) in [6.45, 7) is 1.01. The molecular formula is C18H25FN2O2. The molecule has 126 valence electrons. The van der Waals surface area contributed by atoms with Crippen molar-refractivity contribution >= 4 is 6.03 Å². The number of benzene rings is 1. The lowest BCUT2D eigenvalue weighted by Crippen LogP contribution is -2.48. The third kappa shape index (κ3) is 3.83. The van der Waals surface area contributed by atoms with E-state index in [-0.39, 0.29) is 23.8 Å². The number of urea groups is 1. The Bertz CT molecular complexity index is 546. The summed E-state index contributed by atoms with van der Waals surface area (Å²) in [5.74, 6) is 0.0222. The molecule has 1 saturated heterocycles. The molecule has 4 nitrogen and oxygen atoms in total. The number of β-amino-alcohol motifs (C(OH)–C–C–N with tert-alkyl or cyclic N) is 1. The minimum absolute atomic E-state index is 0.191. The van der Waals surface area contributed by atoms with Gasteiger partial charge in [-0.3, -0.25) is 0 Å². The van der Waals surface area contributed by atoms with Crippen LogP contribution in [0.15, 0.2) is 24.3 Å². The zero-order chi connectivity index (χ0) is 16.2. The van der Waals surface area contributed by atoms with E-state index in [2.05, 4.69) is 5.32 Å². The van der Waals surface area contributed by atoms with Crippen LogP contribution >= 0.6 is 0 Å². The molecule has 2 unspecified atom stereocenters. The number of halogens is 1. The zero-order valence-electron chi connectivity index (χ0n) is 13.4. The third-order valence-corrected chi connectivity index (χ3v) is 5.07. The largest absolute Gasteiger partial charge is 0.391 e. The molecular weight excluding hydrogens is 295 g/mol. The lowest BCUT2D eigenvalue weighted by atomic mass is 9.91. The molecule has 0 aromatic heterocycles. The molecule has 1 aliphatic carbocycles. The number of nitrogens with zero attached hydrogens (tertiary/aromatic N) is 1. The highest BCUT2D eigenvalue weighted by molar-refractivity contribution is 5.75. The van der Waals surface area contributed by atoms with E-state index in [0.717, 1.165) is 38.5 Å². The fourth-order valence-corrected chi connectivity index (χ4v) is 3.83. The van der Waals surface area contributed by atoms with Gasteiger partial charge >= 0.3 is 6.03 Å². The van der Waals surface area contributed by atoms with E-state index in [9.17, 15) is 14.3 Å². The van der Waals surface area contributed by atoms with Crippen LogP contribution in [0.25, 0.3) is 0 Å². The Balaban J connectivity index is 1.76. The number of aliphatic hydroxyl groups is 1. The first-order valence-electron chi connectivity index (χ1n) is 8.63. The van der Waals surface area contributed by atoms with E-state index in [4.69, 9.17) is 0 Å². The van der Waals surface area contributed by atoms with Gasteiger partial charge in [0.15, 0.2) is 0 Å². The van der Waals surface area contributed by atoms with Crippen LogP contribution in [0.5, 0.6) is 0 Å². The van der Waals surface area contributed by atoms with Gasteiger partial charge in [0.1, 0.15) is 5.82 Å². The minimum Gasteiger partial charge on any atom is -0.391 e. The van der Waals surface area contributed by atoms with Gasteiger partial charge in [0.25, 0.3) is 0 Å². The first-order chi connectivity index (χ1) is 11.1. The molecule has 2 atom stereocenters. The Labute approximate surface area is 136 Å². The number of carbonyl (C=O) groups excluding carboxylic acids is 1. The zero-order valence-corrected chi connectivity index (χ0v) is 13.4. The molecule has 2 aliphatic rings. The van der Waals surface area contributed by atoms with E-state index >= 15 is 0 Å². The van der Waals surface area contributed by atoms with Gasteiger partial charge < -0.3 is 15.3 Å². The number of piperidine rings is 1. The van der Waals surface area contributed by atoms with Crippen LogP contribution in [0.2, 0.25) is 0 Å². The van der Waals surface area contributed by atoms with Gasteiger partial charge in [-0.2, -0.15) is 0 Å². The summed E-state index contributed by atoms with van der Waals surface area (Å²) in [5.41, 5.74) is 0.574. The smallest absolute Gasteiger partial charge is 0.317 e. The van der Waals surface area contributed by atoms with Gasteiger partial charge in [-0.05, 0) is 37.7 Å². The Morgan fingerprint density at radius 2 is 1.96 bits per heavy atom. The second kappa shape index (κ2) is 7.30. The van der Waals surface area contributed by atoms with Crippen molar-refractivity contribution in [1.29, 1.82) is 0 Å². The lowest BCUT2D eigenvalue weighted by Gasteiger charge is -2.33. The molecule has 3 rings (SSSR count). The van der Waals surface area contributed by atoms with Gasteiger partial charge in [0.05, 0.1) is 12.1 Å². The quantitative estimate of drug-likeness (QED) is 0.898. The number of nitrogens with one attached hydrogen (secondary N) is 1. The van der Waals surface area contributed by atoms with Crippen LogP contribution in [0.3, 0.4) is 0 Å². The molecule has 0 bridgehead atoms. The van der Waals surface area contributed by atoms with Crippen molar-refractivity contribution in [2.24, 2.45) is 5.92 Å². The average Bonchev–Trinajstić information content (AvgIpc) is 3.07. The molecule has 2 fully saturated rings. The van der Waals surface area contributed by atoms with Crippen molar-refractivity contribution in [2.75, 3.05) is 13.1 Å². The topological polar surface area (TPSA) is 52.6 Å². The predicted octanol–water partition coefficient (Wildman–Crippen LogP) is 3.22. The molecule has 23 heavy (non-hydrogen) atoms. The maximum absolute atomic E-state index is 14.2. The van der Waals surface area contributed by atoms with E-state index in [0.29, 0.717) is 18.7 Å². The SMILES string of the molecule is O=C(NC(c1ccccc1F)C1CCCC1)N1CCCC(O)C1. The van der Waals surface area contributed by atoms with Crippen molar-refractivity contribution in [1.82, 2.24) is 10.2 Å². The van der Waals surface area contributed by atoms with Gasteiger partial charge in [-0.1, -0.05) is 31.0 Å². The average molecular weight is 320 g/mol. The molecule has 1 heterocycles. The second-order valence-electron chi connectivity index (χ2n) is 6.74. The highest BCUT2D eigenvalue weighted by Gasteiger charge is 2.31. The van der Waals surface area contributed by atoms with E-state index < -0.39 is 6.10 Å². The van der Waals surface area contributed by atoms with Crippen LogP contribution < -0.4 is 5.32 Å². The number of likely N-dealkylation sites (tertiary alicyclic amines) is 1. The maximum Gasteiger partial charge on any atom is 0.317 e. The van der Waals surface area contributed by atoms with Gasteiger partial charge in [-0.15, -0.1) is 0 Å². The summed E-state index contributed by atoms with van der Waals surface area (Å²) < 4.78 is 14.2. The lowest BCUT2D eigenvalue weighted by molar-refractivity contribution is 0.0823. The fourth-order valence-electron chi connectivity index (χ4n) is 3.83. The third-order valence-electron chi connectivity index (χ3n) is 5.07. The molecule has 1 aromatic rings. The maximum atomic E-state index is 14.2. The number of hydrogen-bond donors (Lipinski definition) is 2. The van der Waals surface area contributed by atoms with Crippen LogP contribution in [0, 0.1) is 11.7 Å². The molecule has 2 N–H and O–H groups in total. The first kappa shape index (κ1) is 16.2. The van der Waals surface area contributed by atoms with Crippen LogP contribution in [0.1, 0.15) is 50.1 Å². The number of hydrogen-bond acceptors (Lipinski definition) is 2. The first-order valence-corrected chi connectivity index (χ1v) is 8.63. The highest BCUT2D eigenvalue weighted by atomic mass is 19.1. The summed E-state index contributed by atoms with van der Waals surface area (Å²) in [7, 11) is 0. The van der Waals surface area contributed by atoms with Crippen molar-refractivity contribution in [2.45, 2.75) is 50.7 Å². The molecule has 0 spiro atoms. The number of amides is 2. The monoisotopic (exact) mass is 320 g/mol. The van der Waals surface area contributed by atoms with E-state index in [1.54, 1.807) is 17.0 Å². The van der Waals surface area contributed by atoms with Crippen molar-refractivity contribution < 1.29 is 14.3 Å². The fraction of sp³-hybridized carbons (Fsp3) is 0.611. The minimum atomic E-state index is -0.451. The summed E-state index contributed by atoms with van der Waals surface area (Å²) in [6, 6.07) is 6.23. The summed E-state index contributed by atoms with van der Waals surface area (Å²) in [5, 5.41) is 12.8. The highest BCUT2D eigenvalue weighted by Crippen LogP contribution is 2.36. The molecule has 1 aliphatic heterocycles. The summed E-state index contributed by atoms with van der Waals surface area (Å²) >= 11 is 0. The van der Waals surface area contributed by atoms with Crippen LogP contribution in [-0.4, -0.2) is 35.2 Å². The number of carbonyl (C=O) groups is 1. The van der Waals surface area contributed by atoms with E-state index in [1.165, 1.54) is 6.07 Å².